The van der Waals surface area contributed by atoms with Crippen molar-refractivity contribution in [2.24, 2.45) is 0 Å². The van der Waals surface area contributed by atoms with Gasteiger partial charge in [0.15, 0.2) is 0 Å². The molecule has 2 aromatic carbocycles. The van der Waals surface area contributed by atoms with Crippen LogP contribution in [0.15, 0.2) is 61.2 Å². The Bertz CT molecular complexity index is 639. The highest BCUT2D eigenvalue weighted by Gasteiger charge is 2.08. The average molecular weight is 296 g/mol. The van der Waals surface area contributed by atoms with Gasteiger partial charge in [0, 0.05) is 12.1 Å². The van der Waals surface area contributed by atoms with Crippen LogP contribution in [0.2, 0.25) is 0 Å². The molecule has 1 amide bonds. The molecule has 0 aromatic heterocycles. The zero-order valence-corrected chi connectivity index (χ0v) is 12.4. The summed E-state index contributed by atoms with van der Waals surface area (Å²) in [7, 11) is 0. The Balaban J connectivity index is 1.89. The number of nitrogen functional groups attached to an aromatic ring is 1. The quantitative estimate of drug-likeness (QED) is 0.610. The largest absolute Gasteiger partial charge is 0.487 e. The average Bonchev–Trinajstić information content (AvgIpc) is 2.54. The number of hydrogen-bond donors (Lipinski definition) is 2. The molecule has 0 radical (unpaired) electrons. The summed E-state index contributed by atoms with van der Waals surface area (Å²) in [6, 6.07) is 15.0. The monoisotopic (exact) mass is 296 g/mol. The maximum absolute atomic E-state index is 12.1. The highest BCUT2D eigenvalue weighted by Crippen LogP contribution is 2.22. The van der Waals surface area contributed by atoms with E-state index in [1.54, 1.807) is 24.3 Å². The van der Waals surface area contributed by atoms with Crippen LogP contribution in [0.3, 0.4) is 0 Å². The molecule has 22 heavy (non-hydrogen) atoms. The molecule has 0 aliphatic heterocycles. The molecule has 114 valence electrons. The molecule has 2 aromatic rings. The first-order valence-electron chi connectivity index (χ1n) is 7.16. The minimum absolute atomic E-state index is 0.141. The van der Waals surface area contributed by atoms with E-state index in [2.05, 4.69) is 11.9 Å². The third kappa shape index (κ3) is 4.38. The number of hydrogen-bond acceptors (Lipinski definition) is 3. The van der Waals surface area contributed by atoms with Crippen molar-refractivity contribution in [1.82, 2.24) is 5.32 Å². The number of rotatable bonds is 7. The van der Waals surface area contributed by atoms with Gasteiger partial charge in [-0.3, -0.25) is 4.79 Å². The Labute approximate surface area is 130 Å². The summed E-state index contributed by atoms with van der Waals surface area (Å²) in [6.07, 6.45) is 2.44. The first-order chi connectivity index (χ1) is 10.7. The summed E-state index contributed by atoms with van der Waals surface area (Å²) in [5.74, 6) is 0.415. The van der Waals surface area contributed by atoms with Gasteiger partial charge in [0.05, 0.1) is 5.69 Å². The molecule has 4 nitrogen and oxygen atoms in total. The smallest absolute Gasteiger partial charge is 0.251 e. The van der Waals surface area contributed by atoms with Crippen LogP contribution in [0.1, 0.15) is 15.9 Å². The van der Waals surface area contributed by atoms with E-state index in [1.807, 2.05) is 30.3 Å². The first kappa shape index (κ1) is 15.6. The van der Waals surface area contributed by atoms with Crippen LogP contribution in [0, 0.1) is 0 Å². The molecule has 0 spiro atoms. The van der Waals surface area contributed by atoms with Crippen LogP contribution < -0.4 is 15.8 Å². The SMILES string of the molecule is C=CCOc1ccc(C(=O)NCCc2ccccc2)cc1N. The number of anilines is 1. The fraction of sp³-hybridized carbons (Fsp3) is 0.167. The van der Waals surface area contributed by atoms with Crippen molar-refractivity contribution in [3.63, 3.8) is 0 Å². The van der Waals surface area contributed by atoms with Crippen molar-refractivity contribution in [2.45, 2.75) is 6.42 Å². The second-order valence-electron chi connectivity index (χ2n) is 4.84. The number of nitrogens with one attached hydrogen (secondary N) is 1. The van der Waals surface area contributed by atoms with E-state index in [-0.39, 0.29) is 5.91 Å². The molecule has 0 aliphatic rings. The van der Waals surface area contributed by atoms with Gasteiger partial charge in [-0.05, 0) is 30.2 Å². The number of ether oxygens (including phenoxy) is 1. The number of nitrogens with two attached hydrogens (primary N) is 1. The highest BCUT2D eigenvalue weighted by molar-refractivity contribution is 5.95. The second kappa shape index (κ2) is 7.88. The van der Waals surface area contributed by atoms with Crippen molar-refractivity contribution in [1.29, 1.82) is 0 Å². The predicted octanol–water partition coefficient (Wildman–Crippen LogP) is 2.81. The van der Waals surface area contributed by atoms with Crippen molar-refractivity contribution in [3.05, 3.63) is 72.3 Å². The third-order valence-corrected chi connectivity index (χ3v) is 3.17. The normalized spacial score (nSPS) is 10.0. The van der Waals surface area contributed by atoms with Gasteiger partial charge >= 0.3 is 0 Å². The Morgan fingerprint density at radius 3 is 2.68 bits per heavy atom. The summed E-state index contributed by atoms with van der Waals surface area (Å²) in [5.41, 5.74) is 8.04. The number of carbonyl (C=O) groups excluding carboxylic acids is 1. The lowest BCUT2D eigenvalue weighted by molar-refractivity contribution is 0.0954. The number of carbonyl (C=O) groups is 1. The van der Waals surface area contributed by atoms with E-state index in [0.29, 0.717) is 30.2 Å². The van der Waals surface area contributed by atoms with Gasteiger partial charge < -0.3 is 15.8 Å². The predicted molar refractivity (Wildman–Crippen MR) is 89.0 cm³/mol. The first-order valence-corrected chi connectivity index (χ1v) is 7.16. The van der Waals surface area contributed by atoms with Crippen molar-refractivity contribution >= 4 is 11.6 Å². The van der Waals surface area contributed by atoms with Crippen LogP contribution in [0.5, 0.6) is 5.75 Å². The zero-order chi connectivity index (χ0) is 15.8. The fourth-order valence-corrected chi connectivity index (χ4v) is 2.04. The summed E-state index contributed by atoms with van der Waals surface area (Å²) in [6.45, 7) is 4.54. The second-order valence-corrected chi connectivity index (χ2v) is 4.84. The molecule has 0 heterocycles. The summed E-state index contributed by atoms with van der Waals surface area (Å²) < 4.78 is 5.38. The third-order valence-electron chi connectivity index (χ3n) is 3.17. The van der Waals surface area contributed by atoms with Gasteiger partial charge in [0.25, 0.3) is 5.91 Å². The molecule has 4 heteroatoms. The Morgan fingerprint density at radius 1 is 1.23 bits per heavy atom. The van der Waals surface area contributed by atoms with Crippen molar-refractivity contribution in [3.8, 4) is 5.75 Å². The van der Waals surface area contributed by atoms with Crippen molar-refractivity contribution in [2.75, 3.05) is 18.9 Å². The lowest BCUT2D eigenvalue weighted by atomic mass is 10.1. The topological polar surface area (TPSA) is 64.3 Å². The summed E-state index contributed by atoms with van der Waals surface area (Å²) in [5, 5.41) is 2.89. The standard InChI is InChI=1S/C18H20N2O2/c1-2-12-22-17-9-8-15(13-16(17)19)18(21)20-11-10-14-6-4-3-5-7-14/h2-9,13H,1,10-12,19H2,(H,20,21). The molecule has 2 rings (SSSR count). The summed E-state index contributed by atoms with van der Waals surface area (Å²) >= 11 is 0. The highest BCUT2D eigenvalue weighted by atomic mass is 16.5. The van der Waals surface area contributed by atoms with Crippen LogP contribution >= 0.6 is 0 Å². The Hall–Kier alpha value is -2.75. The van der Waals surface area contributed by atoms with E-state index in [4.69, 9.17) is 10.5 Å². The fourth-order valence-electron chi connectivity index (χ4n) is 2.04. The molecule has 0 saturated heterocycles. The Morgan fingerprint density at radius 2 is 2.00 bits per heavy atom. The number of amides is 1. The molecule has 0 fully saturated rings. The van der Waals surface area contributed by atoms with E-state index < -0.39 is 0 Å². The van der Waals surface area contributed by atoms with Crippen LogP contribution in [0.4, 0.5) is 5.69 Å². The molecular formula is C18H20N2O2. The van der Waals surface area contributed by atoms with E-state index in [1.165, 1.54) is 5.56 Å². The Kier molecular flexibility index (Phi) is 5.60. The summed E-state index contributed by atoms with van der Waals surface area (Å²) in [4.78, 5) is 12.1. The van der Waals surface area contributed by atoms with Crippen molar-refractivity contribution < 1.29 is 9.53 Å². The lowest BCUT2D eigenvalue weighted by Crippen LogP contribution is -2.25. The molecular weight excluding hydrogens is 276 g/mol. The maximum Gasteiger partial charge on any atom is 0.251 e. The molecule has 0 atom stereocenters. The van der Waals surface area contributed by atoms with E-state index in [9.17, 15) is 4.79 Å². The number of benzene rings is 2. The van der Waals surface area contributed by atoms with Gasteiger partial charge in [-0.2, -0.15) is 0 Å². The minimum Gasteiger partial charge on any atom is -0.487 e. The van der Waals surface area contributed by atoms with Crippen LogP contribution in [-0.4, -0.2) is 19.1 Å². The van der Waals surface area contributed by atoms with Crippen LogP contribution in [0.25, 0.3) is 0 Å². The van der Waals surface area contributed by atoms with Gasteiger partial charge in [0.1, 0.15) is 12.4 Å². The van der Waals surface area contributed by atoms with Gasteiger partial charge in [-0.15, -0.1) is 0 Å². The molecule has 0 unspecified atom stereocenters. The minimum atomic E-state index is -0.141. The van der Waals surface area contributed by atoms with Gasteiger partial charge in [-0.1, -0.05) is 43.0 Å². The molecule has 0 saturated carbocycles. The zero-order valence-electron chi connectivity index (χ0n) is 12.4. The van der Waals surface area contributed by atoms with E-state index >= 15 is 0 Å². The van der Waals surface area contributed by atoms with E-state index in [0.717, 1.165) is 6.42 Å². The van der Waals surface area contributed by atoms with Gasteiger partial charge in [-0.25, -0.2) is 0 Å². The maximum atomic E-state index is 12.1. The molecule has 0 bridgehead atoms. The molecule has 0 aliphatic carbocycles. The molecule has 3 N–H and O–H groups in total. The van der Waals surface area contributed by atoms with Crippen LogP contribution in [-0.2, 0) is 6.42 Å². The van der Waals surface area contributed by atoms with Gasteiger partial charge in [0.2, 0.25) is 0 Å². The lowest BCUT2D eigenvalue weighted by Gasteiger charge is -2.09.